The highest BCUT2D eigenvalue weighted by molar-refractivity contribution is 5.96. The van der Waals surface area contributed by atoms with Crippen LogP contribution in [0.4, 0.5) is 0 Å². The number of hydrogen-bond acceptors (Lipinski definition) is 3. The molecule has 0 aliphatic heterocycles. The quantitative estimate of drug-likeness (QED) is 0.696. The van der Waals surface area contributed by atoms with Crippen molar-refractivity contribution in [2.45, 2.75) is 58.1 Å². The molecule has 0 bridgehead atoms. The van der Waals surface area contributed by atoms with Gasteiger partial charge in [0, 0.05) is 5.69 Å². The first-order chi connectivity index (χ1) is 8.59. The van der Waals surface area contributed by atoms with E-state index in [-0.39, 0.29) is 11.9 Å². The zero-order valence-electron chi connectivity index (χ0n) is 11.0. The van der Waals surface area contributed by atoms with Gasteiger partial charge in [0.2, 0.25) is 0 Å². The number of aliphatic hydroxyl groups is 1. The monoisotopic (exact) mass is 251 g/mol. The van der Waals surface area contributed by atoms with Gasteiger partial charge in [-0.3, -0.25) is 9.89 Å². The lowest BCUT2D eigenvalue weighted by Gasteiger charge is -2.21. The molecule has 100 valence electrons. The van der Waals surface area contributed by atoms with Gasteiger partial charge in [0.15, 0.2) is 0 Å². The molecule has 5 heteroatoms. The highest BCUT2D eigenvalue weighted by atomic mass is 16.3. The molecule has 1 aliphatic carbocycles. The number of aliphatic hydroxyl groups excluding tert-OH is 1. The van der Waals surface area contributed by atoms with E-state index in [0.29, 0.717) is 11.3 Å². The minimum Gasteiger partial charge on any atom is -0.391 e. The highest BCUT2D eigenvalue weighted by Crippen LogP contribution is 2.19. The molecule has 1 fully saturated rings. The topological polar surface area (TPSA) is 78.0 Å². The number of rotatable bonds is 2. The van der Waals surface area contributed by atoms with Crippen LogP contribution in [0.15, 0.2) is 0 Å². The Balaban J connectivity index is 2.06. The van der Waals surface area contributed by atoms with Gasteiger partial charge in [-0.1, -0.05) is 19.3 Å². The maximum atomic E-state index is 12.2. The molecule has 1 saturated carbocycles. The normalized spacial score (nSPS) is 24.6. The predicted octanol–water partition coefficient (Wildman–Crippen LogP) is 1.45. The molecule has 0 radical (unpaired) electrons. The van der Waals surface area contributed by atoms with Crippen LogP contribution in [0.1, 0.15) is 53.8 Å². The summed E-state index contributed by atoms with van der Waals surface area (Å²) >= 11 is 0. The van der Waals surface area contributed by atoms with E-state index < -0.39 is 6.10 Å². The number of carbonyl (C=O) groups is 1. The highest BCUT2D eigenvalue weighted by Gasteiger charge is 2.25. The molecule has 2 unspecified atom stereocenters. The van der Waals surface area contributed by atoms with Gasteiger partial charge in [-0.15, -0.1) is 0 Å². The Morgan fingerprint density at radius 2 is 2.06 bits per heavy atom. The van der Waals surface area contributed by atoms with Gasteiger partial charge in [-0.25, -0.2) is 0 Å². The Morgan fingerprint density at radius 1 is 1.33 bits per heavy atom. The second-order valence-corrected chi connectivity index (χ2v) is 5.09. The van der Waals surface area contributed by atoms with Crippen LogP contribution < -0.4 is 5.32 Å². The van der Waals surface area contributed by atoms with E-state index in [1.807, 2.05) is 13.8 Å². The molecule has 0 saturated heterocycles. The fourth-order valence-electron chi connectivity index (χ4n) is 2.58. The third-order valence-electron chi connectivity index (χ3n) is 3.65. The van der Waals surface area contributed by atoms with E-state index in [0.717, 1.165) is 37.8 Å². The Bertz CT molecular complexity index is 408. The smallest absolute Gasteiger partial charge is 0.255 e. The van der Waals surface area contributed by atoms with Crippen molar-refractivity contribution < 1.29 is 9.90 Å². The molecule has 1 aromatic heterocycles. The van der Waals surface area contributed by atoms with Gasteiger partial charge in [0.1, 0.15) is 0 Å². The van der Waals surface area contributed by atoms with Crippen molar-refractivity contribution in [3.05, 3.63) is 17.0 Å². The summed E-state index contributed by atoms with van der Waals surface area (Å²) in [6.45, 7) is 3.64. The fourth-order valence-corrected chi connectivity index (χ4v) is 2.58. The van der Waals surface area contributed by atoms with E-state index >= 15 is 0 Å². The maximum Gasteiger partial charge on any atom is 0.255 e. The predicted molar refractivity (Wildman–Crippen MR) is 68.4 cm³/mol. The Labute approximate surface area is 107 Å². The zero-order valence-corrected chi connectivity index (χ0v) is 11.0. The molecule has 2 rings (SSSR count). The maximum absolute atomic E-state index is 12.2. The first-order valence-corrected chi connectivity index (χ1v) is 6.60. The number of amides is 1. The Kier molecular flexibility index (Phi) is 4.01. The van der Waals surface area contributed by atoms with Crippen LogP contribution in [0.2, 0.25) is 0 Å². The second-order valence-electron chi connectivity index (χ2n) is 5.09. The number of carbonyl (C=O) groups excluding carboxylic acids is 1. The van der Waals surface area contributed by atoms with Gasteiger partial charge in [-0.05, 0) is 26.7 Å². The van der Waals surface area contributed by atoms with Gasteiger partial charge < -0.3 is 10.4 Å². The number of nitrogens with zero attached hydrogens (tertiary/aromatic N) is 1. The van der Waals surface area contributed by atoms with Crippen molar-refractivity contribution in [1.82, 2.24) is 15.5 Å². The van der Waals surface area contributed by atoms with E-state index in [1.165, 1.54) is 0 Å². The molecule has 1 amide bonds. The lowest BCUT2D eigenvalue weighted by Crippen LogP contribution is -2.42. The fraction of sp³-hybridized carbons (Fsp3) is 0.692. The molecule has 1 aliphatic rings. The first kappa shape index (κ1) is 13.1. The van der Waals surface area contributed by atoms with Crippen LogP contribution in [-0.4, -0.2) is 33.4 Å². The van der Waals surface area contributed by atoms with Crippen LogP contribution in [0.25, 0.3) is 0 Å². The summed E-state index contributed by atoms with van der Waals surface area (Å²) in [5.74, 6) is -0.135. The first-order valence-electron chi connectivity index (χ1n) is 6.60. The summed E-state index contributed by atoms with van der Waals surface area (Å²) in [6, 6.07) is -0.131. The average Bonchev–Trinajstić information content (AvgIpc) is 2.53. The summed E-state index contributed by atoms with van der Waals surface area (Å²) < 4.78 is 0. The van der Waals surface area contributed by atoms with E-state index in [4.69, 9.17) is 0 Å². The van der Waals surface area contributed by atoms with Crippen LogP contribution in [0.3, 0.4) is 0 Å². The van der Waals surface area contributed by atoms with Crippen molar-refractivity contribution in [1.29, 1.82) is 0 Å². The molecule has 1 aromatic rings. The average molecular weight is 251 g/mol. The minimum absolute atomic E-state index is 0.131. The Morgan fingerprint density at radius 3 is 2.72 bits per heavy atom. The lowest BCUT2D eigenvalue weighted by molar-refractivity contribution is 0.0817. The van der Waals surface area contributed by atoms with Crippen molar-refractivity contribution in [2.75, 3.05) is 0 Å². The summed E-state index contributed by atoms with van der Waals surface area (Å²) in [4.78, 5) is 12.2. The standard InChI is InChI=1S/C13H21N3O2/c1-8-12(9(2)16-15-8)13(18)14-10-6-4-3-5-7-11(10)17/h10-11,17H,3-7H2,1-2H3,(H,14,18)(H,15,16). The third kappa shape index (κ3) is 2.72. The molecule has 3 N–H and O–H groups in total. The summed E-state index contributed by atoms with van der Waals surface area (Å²) in [7, 11) is 0. The number of aromatic amines is 1. The van der Waals surface area contributed by atoms with Gasteiger partial charge >= 0.3 is 0 Å². The Hall–Kier alpha value is -1.36. The number of nitrogens with one attached hydrogen (secondary N) is 2. The van der Waals surface area contributed by atoms with Crippen molar-refractivity contribution >= 4 is 5.91 Å². The lowest BCUT2D eigenvalue weighted by atomic mass is 10.1. The molecule has 0 spiro atoms. The van der Waals surface area contributed by atoms with Crippen LogP contribution in [0, 0.1) is 13.8 Å². The molecule has 0 aromatic carbocycles. The minimum atomic E-state index is -0.427. The summed E-state index contributed by atoms with van der Waals surface area (Å²) in [5, 5.41) is 19.8. The van der Waals surface area contributed by atoms with E-state index in [2.05, 4.69) is 15.5 Å². The number of hydrogen-bond donors (Lipinski definition) is 3. The van der Waals surface area contributed by atoms with Crippen molar-refractivity contribution in [2.24, 2.45) is 0 Å². The van der Waals surface area contributed by atoms with E-state index in [1.54, 1.807) is 0 Å². The zero-order chi connectivity index (χ0) is 13.1. The summed E-state index contributed by atoms with van der Waals surface area (Å²) in [5.41, 5.74) is 2.08. The molecular weight excluding hydrogens is 230 g/mol. The van der Waals surface area contributed by atoms with Crippen molar-refractivity contribution in [3.8, 4) is 0 Å². The molecule has 2 atom stereocenters. The largest absolute Gasteiger partial charge is 0.391 e. The molecular formula is C13H21N3O2. The second kappa shape index (κ2) is 5.52. The van der Waals surface area contributed by atoms with Gasteiger partial charge in [0.05, 0.1) is 23.4 Å². The molecule has 5 nitrogen and oxygen atoms in total. The van der Waals surface area contributed by atoms with Crippen LogP contribution in [-0.2, 0) is 0 Å². The number of aromatic nitrogens is 2. The van der Waals surface area contributed by atoms with Crippen LogP contribution in [0.5, 0.6) is 0 Å². The van der Waals surface area contributed by atoms with Gasteiger partial charge in [-0.2, -0.15) is 5.10 Å². The number of H-pyrrole nitrogens is 1. The van der Waals surface area contributed by atoms with E-state index in [9.17, 15) is 9.90 Å². The number of aryl methyl sites for hydroxylation is 2. The van der Waals surface area contributed by atoms with Gasteiger partial charge in [0.25, 0.3) is 5.91 Å². The summed E-state index contributed by atoms with van der Waals surface area (Å²) in [6.07, 6.45) is 4.43. The van der Waals surface area contributed by atoms with Crippen LogP contribution >= 0.6 is 0 Å². The third-order valence-corrected chi connectivity index (χ3v) is 3.65. The molecule has 1 heterocycles. The SMILES string of the molecule is Cc1n[nH]c(C)c1C(=O)NC1CCCCCC1O. The molecule has 18 heavy (non-hydrogen) atoms. The van der Waals surface area contributed by atoms with Crippen molar-refractivity contribution in [3.63, 3.8) is 0 Å².